The Balaban J connectivity index is 1.41. The van der Waals surface area contributed by atoms with Crippen LogP contribution in [0.1, 0.15) is 38.3 Å². The number of hydrogen-bond donors (Lipinski definition) is 1. The number of nitrogens with one attached hydrogen (secondary N) is 1. The molecule has 0 fully saturated rings. The Morgan fingerprint density at radius 2 is 1.73 bits per heavy atom. The monoisotopic (exact) mass is 405 g/mol. The molecule has 0 spiro atoms. The fraction of sp³-hybridized carbons (Fsp3) is 0.292. The number of benzene rings is 2. The van der Waals surface area contributed by atoms with Crippen LogP contribution in [0.2, 0.25) is 0 Å². The molecule has 30 heavy (non-hydrogen) atoms. The molecule has 6 nitrogen and oxygen atoms in total. The number of aromatic nitrogens is 2. The number of hydrogen-bond acceptors (Lipinski definition) is 4. The van der Waals surface area contributed by atoms with Crippen molar-refractivity contribution < 1.29 is 14.3 Å². The van der Waals surface area contributed by atoms with Crippen LogP contribution >= 0.6 is 0 Å². The molecule has 0 saturated heterocycles. The lowest BCUT2D eigenvalue weighted by molar-refractivity contribution is -0.147. The Morgan fingerprint density at radius 1 is 1.03 bits per heavy atom. The van der Waals surface area contributed by atoms with Gasteiger partial charge in [0.25, 0.3) is 5.91 Å². The van der Waals surface area contributed by atoms with Crippen LogP contribution in [0.15, 0.2) is 67.0 Å². The van der Waals surface area contributed by atoms with E-state index in [0.29, 0.717) is 12.1 Å². The molecule has 0 unspecified atom stereocenters. The first-order valence-corrected chi connectivity index (χ1v) is 9.96. The van der Waals surface area contributed by atoms with Gasteiger partial charge in [0.2, 0.25) is 0 Å². The Kier molecular flexibility index (Phi) is 6.67. The highest BCUT2D eigenvalue weighted by molar-refractivity contribution is 5.92. The molecular formula is C24H27N3O3. The number of nitrogens with zero attached hydrogens (tertiary/aromatic N) is 2. The van der Waals surface area contributed by atoms with Crippen molar-refractivity contribution in [1.82, 2.24) is 9.78 Å². The normalized spacial score (nSPS) is 11.2. The maximum atomic E-state index is 12.0. The van der Waals surface area contributed by atoms with Crippen LogP contribution in [0, 0.1) is 0 Å². The smallest absolute Gasteiger partial charge is 0.306 e. The molecule has 0 aliphatic heterocycles. The van der Waals surface area contributed by atoms with Crippen LogP contribution in [0.25, 0.3) is 5.69 Å². The minimum absolute atomic E-state index is 0.0513. The van der Waals surface area contributed by atoms with Gasteiger partial charge in [-0.25, -0.2) is 4.68 Å². The zero-order valence-corrected chi connectivity index (χ0v) is 17.6. The predicted octanol–water partition coefficient (Wildman–Crippen LogP) is 4.28. The second-order valence-electron chi connectivity index (χ2n) is 8.16. The molecule has 0 aliphatic carbocycles. The molecule has 3 aromatic rings. The molecular weight excluding hydrogens is 378 g/mol. The molecule has 156 valence electrons. The van der Waals surface area contributed by atoms with E-state index in [1.54, 1.807) is 10.9 Å². The van der Waals surface area contributed by atoms with Gasteiger partial charge in [0.05, 0.1) is 11.9 Å². The lowest BCUT2D eigenvalue weighted by Gasteiger charge is -2.19. The third-order valence-electron chi connectivity index (χ3n) is 4.67. The second-order valence-corrected chi connectivity index (χ2v) is 8.16. The van der Waals surface area contributed by atoms with E-state index in [1.165, 1.54) is 5.56 Å². The van der Waals surface area contributed by atoms with Crippen LogP contribution in [-0.4, -0.2) is 28.3 Å². The summed E-state index contributed by atoms with van der Waals surface area (Å²) in [6.07, 6.45) is 4.31. The van der Waals surface area contributed by atoms with E-state index in [0.717, 1.165) is 11.3 Å². The fourth-order valence-electron chi connectivity index (χ4n) is 2.93. The molecule has 1 aromatic heterocycles. The number of para-hydroxylation sites is 1. The van der Waals surface area contributed by atoms with E-state index in [2.05, 4.69) is 31.2 Å². The van der Waals surface area contributed by atoms with Crippen LogP contribution < -0.4 is 5.32 Å². The highest BCUT2D eigenvalue weighted by atomic mass is 16.5. The van der Waals surface area contributed by atoms with E-state index >= 15 is 0 Å². The van der Waals surface area contributed by atoms with Gasteiger partial charge in [0, 0.05) is 18.3 Å². The summed E-state index contributed by atoms with van der Waals surface area (Å²) in [5.41, 5.74) is 3.80. The number of rotatable bonds is 7. The highest BCUT2D eigenvalue weighted by Crippen LogP contribution is 2.23. The van der Waals surface area contributed by atoms with E-state index in [1.807, 2.05) is 60.8 Å². The van der Waals surface area contributed by atoms with Crippen molar-refractivity contribution in [2.45, 2.75) is 39.0 Å². The largest absolute Gasteiger partial charge is 0.456 e. The summed E-state index contributed by atoms with van der Waals surface area (Å²) in [5.74, 6) is -0.774. The van der Waals surface area contributed by atoms with Crippen LogP contribution in [0.4, 0.5) is 5.69 Å². The minimum atomic E-state index is -0.416. The lowest BCUT2D eigenvalue weighted by atomic mass is 9.87. The first-order valence-electron chi connectivity index (χ1n) is 9.96. The maximum absolute atomic E-state index is 12.0. The molecule has 0 saturated carbocycles. The zero-order valence-electron chi connectivity index (χ0n) is 17.6. The van der Waals surface area contributed by atoms with E-state index < -0.39 is 5.97 Å². The SMILES string of the molecule is CC(C)(C)c1ccc(NC(=O)COC(=O)CCc2cnn(-c3ccccc3)c2)cc1. The summed E-state index contributed by atoms with van der Waals surface area (Å²) < 4.78 is 6.85. The number of esters is 1. The number of aryl methyl sites for hydroxylation is 1. The molecule has 3 rings (SSSR count). The topological polar surface area (TPSA) is 73.2 Å². The molecule has 0 bridgehead atoms. The molecule has 0 aliphatic rings. The average molecular weight is 405 g/mol. The molecule has 2 aromatic carbocycles. The van der Waals surface area contributed by atoms with Gasteiger partial charge in [0.1, 0.15) is 0 Å². The van der Waals surface area contributed by atoms with E-state index in [4.69, 9.17) is 4.74 Å². The van der Waals surface area contributed by atoms with Crippen LogP contribution in [0.5, 0.6) is 0 Å². The first kappa shape index (κ1) is 21.3. The molecule has 1 N–H and O–H groups in total. The molecule has 0 atom stereocenters. The lowest BCUT2D eigenvalue weighted by Crippen LogP contribution is -2.21. The Hall–Kier alpha value is -3.41. The van der Waals surface area contributed by atoms with Gasteiger partial charge in [-0.05, 0) is 47.2 Å². The Bertz CT molecular complexity index is 987. The van der Waals surface area contributed by atoms with Gasteiger partial charge >= 0.3 is 5.97 Å². The number of amides is 1. The van der Waals surface area contributed by atoms with Gasteiger partial charge in [-0.2, -0.15) is 5.10 Å². The number of carbonyl (C=O) groups is 2. The maximum Gasteiger partial charge on any atom is 0.306 e. The van der Waals surface area contributed by atoms with E-state index in [-0.39, 0.29) is 24.3 Å². The molecule has 0 radical (unpaired) electrons. The van der Waals surface area contributed by atoms with Crippen molar-refractivity contribution in [2.24, 2.45) is 0 Å². The Labute approximate surface area is 176 Å². The summed E-state index contributed by atoms with van der Waals surface area (Å²) in [6.45, 7) is 6.09. The first-order chi connectivity index (χ1) is 14.3. The van der Waals surface area contributed by atoms with Gasteiger partial charge in [-0.1, -0.05) is 51.1 Å². The summed E-state index contributed by atoms with van der Waals surface area (Å²) in [6, 6.07) is 17.4. The van der Waals surface area contributed by atoms with Crippen LogP contribution in [-0.2, 0) is 26.2 Å². The third kappa shape index (κ3) is 6.04. The van der Waals surface area contributed by atoms with Gasteiger partial charge in [0.15, 0.2) is 6.61 Å². The van der Waals surface area contributed by atoms with Gasteiger partial charge in [-0.3, -0.25) is 9.59 Å². The minimum Gasteiger partial charge on any atom is -0.456 e. The summed E-state index contributed by atoms with van der Waals surface area (Å²) in [5, 5.41) is 7.05. The summed E-state index contributed by atoms with van der Waals surface area (Å²) >= 11 is 0. The summed E-state index contributed by atoms with van der Waals surface area (Å²) in [7, 11) is 0. The van der Waals surface area contributed by atoms with Crippen molar-refractivity contribution >= 4 is 17.6 Å². The predicted molar refractivity (Wildman–Crippen MR) is 117 cm³/mol. The molecule has 1 heterocycles. The summed E-state index contributed by atoms with van der Waals surface area (Å²) in [4.78, 5) is 24.0. The van der Waals surface area contributed by atoms with Crippen molar-refractivity contribution in [3.8, 4) is 5.69 Å². The van der Waals surface area contributed by atoms with Crippen molar-refractivity contribution in [3.63, 3.8) is 0 Å². The van der Waals surface area contributed by atoms with Crippen molar-refractivity contribution in [1.29, 1.82) is 0 Å². The quantitative estimate of drug-likeness (QED) is 0.596. The van der Waals surface area contributed by atoms with Gasteiger partial charge < -0.3 is 10.1 Å². The Morgan fingerprint density at radius 3 is 2.40 bits per heavy atom. The number of ether oxygens (including phenoxy) is 1. The van der Waals surface area contributed by atoms with Crippen molar-refractivity contribution in [3.05, 3.63) is 78.1 Å². The van der Waals surface area contributed by atoms with Gasteiger partial charge in [-0.15, -0.1) is 0 Å². The second kappa shape index (κ2) is 9.39. The zero-order chi connectivity index (χ0) is 21.6. The van der Waals surface area contributed by atoms with Crippen molar-refractivity contribution in [2.75, 3.05) is 11.9 Å². The standard InChI is InChI=1S/C24H27N3O3/c1-24(2,3)19-10-12-20(13-11-19)26-22(28)17-30-23(29)14-9-18-15-25-27(16-18)21-7-5-4-6-8-21/h4-8,10-13,15-16H,9,14,17H2,1-3H3,(H,26,28). The average Bonchev–Trinajstić information content (AvgIpc) is 3.20. The van der Waals surface area contributed by atoms with Crippen LogP contribution in [0.3, 0.4) is 0 Å². The fourth-order valence-corrected chi connectivity index (χ4v) is 2.93. The number of carbonyl (C=O) groups excluding carboxylic acids is 2. The third-order valence-corrected chi connectivity index (χ3v) is 4.67. The molecule has 6 heteroatoms. The number of anilines is 1. The highest BCUT2D eigenvalue weighted by Gasteiger charge is 2.14. The van der Waals surface area contributed by atoms with E-state index in [9.17, 15) is 9.59 Å². The molecule has 1 amide bonds.